The van der Waals surface area contributed by atoms with Crippen molar-refractivity contribution in [2.24, 2.45) is 0 Å². The van der Waals surface area contributed by atoms with Crippen LogP contribution in [0.3, 0.4) is 0 Å². The number of carboxylic acid groups (broad SMARTS) is 1. The van der Waals surface area contributed by atoms with Gasteiger partial charge in [0, 0.05) is 6.54 Å². The van der Waals surface area contributed by atoms with Crippen LogP contribution in [0.25, 0.3) is 0 Å². The number of urea groups is 1. The van der Waals surface area contributed by atoms with E-state index in [1.165, 1.54) is 0 Å². The number of carbonyl (C=O) groups excluding carboxylic acids is 2. The van der Waals surface area contributed by atoms with Gasteiger partial charge in [-0.25, -0.2) is 9.59 Å². The van der Waals surface area contributed by atoms with Crippen LogP contribution in [0, 0.1) is 0 Å². The average molecular weight is 375 g/mol. The van der Waals surface area contributed by atoms with Gasteiger partial charge in [-0.3, -0.25) is 4.79 Å². The molecule has 0 bridgehead atoms. The molecule has 1 saturated carbocycles. The van der Waals surface area contributed by atoms with Crippen LogP contribution in [-0.4, -0.2) is 34.6 Å². The molecule has 7 heteroatoms. The Balaban J connectivity index is 1.97. The maximum absolute atomic E-state index is 12.8. The molecule has 0 saturated heterocycles. The minimum absolute atomic E-state index is 0.360. The Bertz CT molecular complexity index is 642. The molecular formula is C20H29N3O4. The van der Waals surface area contributed by atoms with Crippen LogP contribution in [0.5, 0.6) is 0 Å². The first-order valence-corrected chi connectivity index (χ1v) is 9.60. The van der Waals surface area contributed by atoms with E-state index >= 15 is 0 Å². The lowest BCUT2D eigenvalue weighted by molar-refractivity contribution is -0.143. The van der Waals surface area contributed by atoms with Gasteiger partial charge in [0.1, 0.15) is 11.6 Å². The third kappa shape index (κ3) is 5.98. The van der Waals surface area contributed by atoms with Crippen molar-refractivity contribution in [1.82, 2.24) is 16.0 Å². The molecule has 0 aliphatic heterocycles. The third-order valence-corrected chi connectivity index (χ3v) is 4.99. The van der Waals surface area contributed by atoms with Crippen LogP contribution in [0.15, 0.2) is 30.3 Å². The molecular weight excluding hydrogens is 346 g/mol. The zero-order valence-corrected chi connectivity index (χ0v) is 15.8. The molecule has 0 aromatic heterocycles. The maximum atomic E-state index is 12.8. The van der Waals surface area contributed by atoms with Crippen LogP contribution >= 0.6 is 0 Å². The summed E-state index contributed by atoms with van der Waals surface area (Å²) in [6.07, 6.45) is 4.61. The van der Waals surface area contributed by atoms with Gasteiger partial charge in [0.25, 0.3) is 0 Å². The molecule has 1 aromatic rings. The van der Waals surface area contributed by atoms with Crippen molar-refractivity contribution in [2.75, 3.05) is 0 Å². The minimum atomic E-state index is -1.04. The number of hydrogen-bond acceptors (Lipinski definition) is 3. The summed E-state index contributed by atoms with van der Waals surface area (Å²) in [5.41, 5.74) is -0.0798. The number of amides is 3. The van der Waals surface area contributed by atoms with Gasteiger partial charge in [-0.2, -0.15) is 0 Å². The lowest BCUT2D eigenvalue weighted by Crippen LogP contribution is -2.61. The second kappa shape index (κ2) is 9.94. The molecule has 1 aliphatic rings. The van der Waals surface area contributed by atoms with Gasteiger partial charge in [-0.05, 0) is 24.8 Å². The first-order chi connectivity index (χ1) is 13.0. The Morgan fingerprint density at radius 1 is 1.15 bits per heavy atom. The van der Waals surface area contributed by atoms with E-state index < -0.39 is 29.5 Å². The first kappa shape index (κ1) is 20.7. The van der Waals surface area contributed by atoms with E-state index in [4.69, 9.17) is 0 Å². The fourth-order valence-corrected chi connectivity index (χ4v) is 3.39. The van der Waals surface area contributed by atoms with Crippen molar-refractivity contribution < 1.29 is 19.5 Å². The second-order valence-corrected chi connectivity index (χ2v) is 7.09. The highest BCUT2D eigenvalue weighted by Gasteiger charge is 2.43. The van der Waals surface area contributed by atoms with E-state index in [0.717, 1.165) is 31.2 Å². The summed E-state index contributed by atoms with van der Waals surface area (Å²) in [7, 11) is 0. The highest BCUT2D eigenvalue weighted by Crippen LogP contribution is 2.30. The van der Waals surface area contributed by atoms with Gasteiger partial charge in [0.2, 0.25) is 5.91 Å². The molecule has 1 fully saturated rings. The molecule has 1 aromatic carbocycles. The third-order valence-electron chi connectivity index (χ3n) is 4.99. The molecule has 148 valence electrons. The van der Waals surface area contributed by atoms with Crippen molar-refractivity contribution >= 4 is 17.9 Å². The summed E-state index contributed by atoms with van der Waals surface area (Å²) >= 11 is 0. The number of hydrogen-bond donors (Lipinski definition) is 4. The van der Waals surface area contributed by atoms with Crippen molar-refractivity contribution in [3.63, 3.8) is 0 Å². The minimum Gasteiger partial charge on any atom is -0.480 e. The summed E-state index contributed by atoms with van der Waals surface area (Å²) < 4.78 is 0. The highest BCUT2D eigenvalue weighted by atomic mass is 16.4. The summed E-state index contributed by atoms with van der Waals surface area (Å²) in [6.45, 7) is 2.33. The molecule has 27 heavy (non-hydrogen) atoms. The average Bonchev–Trinajstić information content (AvgIpc) is 3.13. The lowest BCUT2D eigenvalue weighted by Gasteiger charge is -2.30. The summed E-state index contributed by atoms with van der Waals surface area (Å²) in [5.74, 6) is -1.45. The summed E-state index contributed by atoms with van der Waals surface area (Å²) in [6, 6.07) is 8.15. The molecule has 0 unspecified atom stereocenters. The number of nitrogens with one attached hydrogen (secondary N) is 3. The van der Waals surface area contributed by atoms with E-state index in [1.807, 2.05) is 37.3 Å². The van der Waals surface area contributed by atoms with Crippen molar-refractivity contribution in [3.05, 3.63) is 35.9 Å². The Morgan fingerprint density at radius 3 is 2.41 bits per heavy atom. The smallest absolute Gasteiger partial charge is 0.326 e. The fraction of sp³-hybridized carbons (Fsp3) is 0.550. The number of aliphatic carboxylic acids is 1. The molecule has 0 heterocycles. The zero-order chi connectivity index (χ0) is 19.7. The number of benzene rings is 1. The monoisotopic (exact) mass is 375 g/mol. The van der Waals surface area contributed by atoms with Gasteiger partial charge < -0.3 is 21.1 Å². The topological polar surface area (TPSA) is 108 Å². The quantitative estimate of drug-likeness (QED) is 0.532. The van der Waals surface area contributed by atoms with E-state index in [9.17, 15) is 19.5 Å². The van der Waals surface area contributed by atoms with Gasteiger partial charge in [-0.1, -0.05) is 62.9 Å². The van der Waals surface area contributed by atoms with Gasteiger partial charge in [0.05, 0.1) is 0 Å². The fourth-order valence-electron chi connectivity index (χ4n) is 3.39. The Labute approximate surface area is 159 Å². The van der Waals surface area contributed by atoms with Crippen LogP contribution < -0.4 is 16.0 Å². The number of rotatable bonds is 9. The Morgan fingerprint density at radius 2 is 1.81 bits per heavy atom. The standard InChI is InChI=1S/C20H29N3O4/c1-2-3-11-16(17(24)25)22-18(26)20(12-7-8-13-20)23-19(27)21-14-15-9-5-4-6-10-15/h4-6,9-10,16H,2-3,7-8,11-14H2,1H3,(H,22,26)(H,24,25)(H2,21,23,27)/t16-/m0/s1. The Kier molecular flexibility index (Phi) is 7.64. The predicted octanol–water partition coefficient (Wildman–Crippen LogP) is 2.56. The molecule has 0 spiro atoms. The van der Waals surface area contributed by atoms with Crippen LogP contribution in [-0.2, 0) is 16.1 Å². The van der Waals surface area contributed by atoms with Crippen molar-refractivity contribution in [2.45, 2.75) is 70.0 Å². The summed E-state index contributed by atoms with van der Waals surface area (Å²) in [5, 5.41) is 17.6. The number of unbranched alkanes of at least 4 members (excludes halogenated alkanes) is 1. The lowest BCUT2D eigenvalue weighted by atomic mass is 9.95. The van der Waals surface area contributed by atoms with Crippen LogP contribution in [0.1, 0.15) is 57.4 Å². The largest absolute Gasteiger partial charge is 0.480 e. The van der Waals surface area contributed by atoms with E-state index in [0.29, 0.717) is 25.8 Å². The highest BCUT2D eigenvalue weighted by molar-refractivity contribution is 5.93. The SMILES string of the molecule is CCCC[C@H](NC(=O)C1(NC(=O)NCc2ccccc2)CCCC1)C(=O)O. The van der Waals surface area contributed by atoms with Crippen LogP contribution in [0.4, 0.5) is 4.79 Å². The normalized spacial score (nSPS) is 16.3. The molecule has 2 rings (SSSR count). The molecule has 4 N–H and O–H groups in total. The zero-order valence-electron chi connectivity index (χ0n) is 15.8. The molecule has 7 nitrogen and oxygen atoms in total. The van der Waals surface area contributed by atoms with Crippen molar-refractivity contribution in [1.29, 1.82) is 0 Å². The van der Waals surface area contributed by atoms with Gasteiger partial charge >= 0.3 is 12.0 Å². The Hall–Kier alpha value is -2.57. The predicted molar refractivity (Wildman–Crippen MR) is 102 cm³/mol. The van der Waals surface area contributed by atoms with Gasteiger partial charge in [-0.15, -0.1) is 0 Å². The van der Waals surface area contributed by atoms with E-state index in [-0.39, 0.29) is 0 Å². The van der Waals surface area contributed by atoms with E-state index in [2.05, 4.69) is 16.0 Å². The summed E-state index contributed by atoms with van der Waals surface area (Å²) in [4.78, 5) is 36.6. The first-order valence-electron chi connectivity index (χ1n) is 9.60. The van der Waals surface area contributed by atoms with Crippen LogP contribution in [0.2, 0.25) is 0 Å². The molecule has 0 radical (unpaired) electrons. The van der Waals surface area contributed by atoms with E-state index in [1.54, 1.807) is 0 Å². The van der Waals surface area contributed by atoms with Crippen molar-refractivity contribution in [3.8, 4) is 0 Å². The number of carboxylic acids is 1. The number of carbonyl (C=O) groups is 3. The molecule has 1 aliphatic carbocycles. The molecule has 3 amide bonds. The second-order valence-electron chi connectivity index (χ2n) is 7.09. The maximum Gasteiger partial charge on any atom is 0.326 e. The molecule has 1 atom stereocenters. The van der Waals surface area contributed by atoms with Gasteiger partial charge in [0.15, 0.2) is 0 Å².